The van der Waals surface area contributed by atoms with Crippen molar-refractivity contribution in [2.24, 2.45) is 0 Å². The number of nitro groups is 1. The number of aryl methyl sites for hydroxylation is 2. The summed E-state index contributed by atoms with van der Waals surface area (Å²) in [6.45, 7) is 51.2. The van der Waals surface area contributed by atoms with E-state index in [2.05, 4.69) is 71.7 Å². The van der Waals surface area contributed by atoms with Gasteiger partial charge in [-0.2, -0.15) is 4.39 Å². The van der Waals surface area contributed by atoms with Crippen LogP contribution < -0.4 is 39.0 Å². The maximum atomic E-state index is 13.5. The van der Waals surface area contributed by atoms with Crippen LogP contribution in [0.2, 0.25) is 18.1 Å². The molecule has 10 aromatic rings. The second-order valence-corrected chi connectivity index (χ2v) is 40.7. The van der Waals surface area contributed by atoms with Crippen LogP contribution in [0.1, 0.15) is 185 Å². The van der Waals surface area contributed by atoms with E-state index in [4.69, 9.17) is 41.9 Å². The second-order valence-electron chi connectivity index (χ2n) is 36.0. The van der Waals surface area contributed by atoms with Gasteiger partial charge < -0.3 is 57.4 Å². The Bertz CT molecular complexity index is 6220. The van der Waals surface area contributed by atoms with Crippen molar-refractivity contribution in [3.63, 3.8) is 0 Å². The molecule has 0 aromatic heterocycles. The summed E-state index contributed by atoms with van der Waals surface area (Å²) < 4.78 is 61.2. The van der Waals surface area contributed by atoms with Crippen LogP contribution in [0, 0.1) is 127 Å². The van der Waals surface area contributed by atoms with Crippen molar-refractivity contribution in [2.45, 2.75) is 229 Å². The fourth-order valence-corrected chi connectivity index (χ4v) is 15.4. The van der Waals surface area contributed by atoms with Crippen LogP contribution in [0.3, 0.4) is 0 Å². The normalized spacial score (nSPS) is 11.4. The predicted octanol–water partition coefficient (Wildman–Crippen LogP) is 28.6. The summed E-state index contributed by atoms with van der Waals surface area (Å²) in [4.78, 5) is 43.8. The van der Waals surface area contributed by atoms with E-state index in [1.165, 1.54) is 22.8 Å². The number of aromatic hydroxyl groups is 4. The van der Waals surface area contributed by atoms with E-state index >= 15 is 0 Å². The number of hydrogen-bond donors (Lipinski definition) is 4. The molecule has 134 heavy (non-hydrogen) atoms. The Kier molecular flexibility index (Phi) is 36.5. The Morgan fingerprint density at radius 2 is 0.813 bits per heavy atom. The topological polar surface area (TPSA) is 266 Å². The molecule has 0 atom stereocenters. The van der Waals surface area contributed by atoms with Gasteiger partial charge in [-0.3, -0.25) is 19.7 Å². The van der Waals surface area contributed by atoms with Gasteiger partial charge >= 0.3 is 5.69 Å². The Balaban J connectivity index is 0.000000185. The minimum atomic E-state index is -2.05. The molecule has 0 fully saturated rings. The highest BCUT2D eigenvalue weighted by Gasteiger charge is 2.39. The number of halogens is 1. The first-order valence-electron chi connectivity index (χ1n) is 45.1. The molecular weight excluding hydrogens is 1700 g/mol. The number of benzene rings is 12. The largest absolute Gasteiger partial charge is 0.543 e. The SMILES string of the molecule is CC(C)(C)[Si](C)(C)Oc1ccc([N+](=O)[O-])c(F)c1.CC(C)=CCC/C(C)=C/CC/C(C)=C/COc1ccc2nc3c(C)c(C)c(=O)c(C)c-3oc2c1.Cc1c(C)c(OCc2ccccc2)c(O)c(C)c1OCc1ccccc1.Cc1c(C)c(OCc2ccccc2)c(O)c(C)c1OCc1ccccc1.Cc1cc(O)c(C)c(C)c1O.Cc1ccc2nc3c(C)c(C)c(=O)c(C)c-3oc2c1. The Labute approximate surface area is 789 Å². The van der Waals surface area contributed by atoms with E-state index in [1.807, 2.05) is 247 Å². The summed E-state index contributed by atoms with van der Waals surface area (Å²) in [5.74, 6) is 4.67. The number of nitrogens with zero attached hydrogens (tertiary/aromatic N) is 3. The molecule has 4 aliphatic rings. The average molecular weight is 1830 g/mol. The lowest BCUT2D eigenvalue weighted by Crippen LogP contribution is -2.43. The second kappa shape index (κ2) is 47.0. The minimum Gasteiger partial charge on any atom is -0.543 e. The van der Waals surface area contributed by atoms with Gasteiger partial charge in [0, 0.05) is 62.7 Å². The van der Waals surface area contributed by atoms with E-state index < -0.39 is 24.7 Å². The van der Waals surface area contributed by atoms with Gasteiger partial charge in [0.2, 0.25) is 14.1 Å². The van der Waals surface area contributed by atoms with Crippen LogP contribution in [0.4, 0.5) is 10.1 Å². The van der Waals surface area contributed by atoms with Gasteiger partial charge in [-0.25, -0.2) is 9.97 Å². The van der Waals surface area contributed by atoms with Crippen LogP contribution in [0.5, 0.6) is 57.5 Å². The predicted molar refractivity (Wildman–Crippen MR) is 540 cm³/mol. The molecule has 0 saturated carbocycles. The zero-order valence-electron chi connectivity index (χ0n) is 82.3. The highest BCUT2D eigenvalue weighted by atomic mass is 28.4. The number of allylic oxidation sites excluding steroid dienone is 5. The highest BCUT2D eigenvalue weighted by molar-refractivity contribution is 6.74. The van der Waals surface area contributed by atoms with Crippen LogP contribution in [-0.2, 0) is 26.4 Å². The number of phenolic OH excluding ortho intramolecular Hbond substituents is 4. The zero-order valence-corrected chi connectivity index (χ0v) is 83.3. The van der Waals surface area contributed by atoms with Gasteiger partial charge in [-0.15, -0.1) is 0 Å². The van der Waals surface area contributed by atoms with E-state index in [1.54, 1.807) is 40.7 Å². The van der Waals surface area contributed by atoms with E-state index in [-0.39, 0.29) is 38.9 Å². The fraction of sp³-hybridized carbons (Fsp3) is 0.310. The molecule has 14 rings (SSSR count). The van der Waals surface area contributed by atoms with Crippen molar-refractivity contribution in [1.29, 1.82) is 0 Å². The first kappa shape index (κ1) is 104. The molecule has 2 heterocycles. The third kappa shape index (κ3) is 27.0. The molecule has 704 valence electrons. The van der Waals surface area contributed by atoms with Gasteiger partial charge in [0.25, 0.3) is 0 Å². The molecule has 21 heteroatoms. The molecular formula is C113H130FN3O16Si. The smallest absolute Gasteiger partial charge is 0.305 e. The van der Waals surface area contributed by atoms with Gasteiger partial charge in [-0.05, 0) is 292 Å². The Hall–Kier alpha value is -13.8. The summed E-state index contributed by atoms with van der Waals surface area (Å²) in [5.41, 5.74) is 25.4. The summed E-state index contributed by atoms with van der Waals surface area (Å²) >= 11 is 0. The number of phenols is 4. The molecule has 0 saturated heterocycles. The summed E-state index contributed by atoms with van der Waals surface area (Å²) in [5, 5.41) is 50.5. The van der Waals surface area contributed by atoms with Crippen LogP contribution in [0.15, 0.2) is 235 Å². The average Bonchev–Trinajstić information content (AvgIpc) is 0.761. The van der Waals surface area contributed by atoms with Crippen LogP contribution in [0.25, 0.3) is 45.1 Å². The molecule has 2 aliphatic heterocycles. The van der Waals surface area contributed by atoms with E-state index in [0.29, 0.717) is 95.2 Å². The maximum Gasteiger partial charge on any atom is 0.305 e. The molecule has 19 nitrogen and oxygen atoms in total. The molecule has 0 bridgehead atoms. The zero-order chi connectivity index (χ0) is 98.3. The molecule has 0 amide bonds. The molecule has 0 radical (unpaired) electrons. The number of rotatable bonds is 24. The molecule has 10 aromatic carbocycles. The number of nitro benzene ring substituents is 1. The third-order valence-corrected chi connectivity index (χ3v) is 28.9. The number of hydrogen-bond acceptors (Lipinski definition) is 18. The van der Waals surface area contributed by atoms with Gasteiger partial charge in [0.1, 0.15) is 90.0 Å². The van der Waals surface area contributed by atoms with E-state index in [0.717, 1.165) is 167 Å². The molecule has 2 aliphatic carbocycles. The van der Waals surface area contributed by atoms with Crippen molar-refractivity contribution >= 4 is 36.2 Å². The third-order valence-electron chi connectivity index (χ3n) is 24.6. The highest BCUT2D eigenvalue weighted by Crippen LogP contribution is 2.46. The van der Waals surface area contributed by atoms with Gasteiger partial charge in [-0.1, -0.05) is 177 Å². The lowest BCUT2D eigenvalue weighted by molar-refractivity contribution is -0.387. The number of fused-ring (bicyclic) bond motifs is 4. The fourth-order valence-electron chi connectivity index (χ4n) is 14.4. The Morgan fingerprint density at radius 1 is 0.425 bits per heavy atom. The molecule has 0 spiro atoms. The van der Waals surface area contributed by atoms with Gasteiger partial charge in [0.15, 0.2) is 56.5 Å². The molecule has 0 unspecified atom stereocenters. The van der Waals surface area contributed by atoms with E-state index in [9.17, 15) is 44.5 Å². The standard InChI is InChI=1S/C30H37NO3.2C23H24O3.C16H15NO2.C12H18FNO3Si.C9H12O2/c1-19(2)10-8-11-20(3)12-9-13-21(4)16-17-33-25-14-15-26-27(18-25)34-30-24(7)29(32)23(6)22(5)28(30)31-26;2*1-16-17(2)23(26-15-20-12-8-5-9-13-20)21(24)18(3)22(16)25-14-19-10-6-4-7-11-19;1-8-5-6-12-13(7-8)19-16-11(4)15(18)10(3)9(2)14(16)17-12;1-12(2,3)18(4,5)17-9-6-7-11(14(15)16)10(13)8-9;1-5-4-8(10)6(2)7(3)9(5)11/h10,12,14-16,18H,8-9,11,13,17H2,1-7H3;2*4-13,24H,14-15H2,1-3H3;5-7H,1-4H3;6-8H,1-5H3;4,10-11H,1-3H3/b20-12+,21-16+;;;;;. The van der Waals surface area contributed by atoms with Crippen LogP contribution >= 0.6 is 0 Å². The monoisotopic (exact) mass is 1830 g/mol. The summed E-state index contributed by atoms with van der Waals surface area (Å²) in [6, 6.07) is 56.7. The minimum absolute atomic E-state index is 0.00868. The lowest BCUT2D eigenvalue weighted by atomic mass is 9.99. The van der Waals surface area contributed by atoms with Crippen molar-refractivity contribution in [2.75, 3.05) is 6.61 Å². The number of ether oxygens (including phenoxy) is 5. The van der Waals surface area contributed by atoms with Crippen molar-refractivity contribution in [3.05, 3.63) is 365 Å². The first-order chi connectivity index (χ1) is 63.4. The lowest BCUT2D eigenvalue weighted by Gasteiger charge is -2.36. The van der Waals surface area contributed by atoms with Crippen molar-refractivity contribution in [1.82, 2.24) is 9.97 Å². The molecule has 4 N–H and O–H groups in total. The van der Waals surface area contributed by atoms with Crippen molar-refractivity contribution < 1.29 is 66.7 Å². The van der Waals surface area contributed by atoms with Crippen molar-refractivity contribution in [3.8, 4) is 80.4 Å². The number of aromatic nitrogens is 2. The van der Waals surface area contributed by atoms with Gasteiger partial charge in [0.05, 0.1) is 4.92 Å². The maximum absolute atomic E-state index is 13.5. The van der Waals surface area contributed by atoms with Crippen LogP contribution in [-0.4, -0.2) is 50.2 Å². The summed E-state index contributed by atoms with van der Waals surface area (Å²) in [6.07, 6.45) is 11.1. The first-order valence-corrected chi connectivity index (χ1v) is 48.0. The quantitative estimate of drug-likeness (QED) is 0.0109. The Morgan fingerprint density at radius 3 is 1.22 bits per heavy atom. The summed E-state index contributed by atoms with van der Waals surface area (Å²) in [7, 11) is -2.05.